The summed E-state index contributed by atoms with van der Waals surface area (Å²) in [6.07, 6.45) is 4.92. The highest BCUT2D eigenvalue weighted by Gasteiger charge is 2.47. The van der Waals surface area contributed by atoms with Crippen LogP contribution in [0.4, 0.5) is 5.00 Å². The smallest absolute Gasteiger partial charge is 0.245 e. The average Bonchev–Trinajstić information content (AvgIpc) is 2.96. The zero-order valence-corrected chi connectivity index (χ0v) is 14.3. The standard InChI is InChI=1S/C17H17N3O3S/c1-9-10(2)24-15(13(9)7-18)19-14(21)8-20-16(22)11-5-3-4-6-12(11)17(20)23/h3-4,11-12H,5-6,8H2,1-2H3,(H,19,21). The number of nitriles is 1. The van der Waals surface area contributed by atoms with E-state index in [-0.39, 0.29) is 30.2 Å². The van der Waals surface area contributed by atoms with E-state index in [0.717, 1.165) is 15.3 Å². The molecule has 2 heterocycles. The lowest BCUT2D eigenvalue weighted by molar-refractivity contribution is -0.142. The first kappa shape index (κ1) is 16.4. The van der Waals surface area contributed by atoms with Gasteiger partial charge in [-0.2, -0.15) is 5.26 Å². The summed E-state index contributed by atoms with van der Waals surface area (Å²) < 4.78 is 0. The molecule has 0 radical (unpaired) electrons. The van der Waals surface area contributed by atoms with Crippen molar-refractivity contribution in [2.75, 3.05) is 11.9 Å². The Kier molecular flexibility index (Phi) is 4.24. The topological polar surface area (TPSA) is 90.3 Å². The monoisotopic (exact) mass is 343 g/mol. The van der Waals surface area contributed by atoms with Gasteiger partial charge < -0.3 is 5.32 Å². The summed E-state index contributed by atoms with van der Waals surface area (Å²) in [5.41, 5.74) is 1.27. The third-order valence-electron chi connectivity index (χ3n) is 4.65. The minimum Gasteiger partial charge on any atom is -0.315 e. The van der Waals surface area contributed by atoms with Gasteiger partial charge in [-0.25, -0.2) is 0 Å². The van der Waals surface area contributed by atoms with Gasteiger partial charge in [-0.3, -0.25) is 19.3 Å². The molecule has 7 heteroatoms. The number of imide groups is 1. The molecule has 0 saturated carbocycles. The zero-order chi connectivity index (χ0) is 17.4. The number of nitrogens with one attached hydrogen (secondary N) is 1. The average molecular weight is 343 g/mol. The summed E-state index contributed by atoms with van der Waals surface area (Å²) in [6, 6.07) is 2.08. The predicted octanol–water partition coefficient (Wildman–Crippen LogP) is 2.13. The quantitative estimate of drug-likeness (QED) is 0.672. The normalized spacial score (nSPS) is 22.5. The summed E-state index contributed by atoms with van der Waals surface area (Å²) in [5.74, 6) is -1.68. The van der Waals surface area contributed by atoms with Gasteiger partial charge in [0.2, 0.25) is 17.7 Å². The summed E-state index contributed by atoms with van der Waals surface area (Å²) in [6.45, 7) is 3.40. The molecule has 24 heavy (non-hydrogen) atoms. The Labute approximate surface area is 143 Å². The Hall–Kier alpha value is -2.46. The van der Waals surface area contributed by atoms with Gasteiger partial charge in [0, 0.05) is 4.88 Å². The molecule has 3 amide bonds. The molecule has 0 spiro atoms. The molecule has 1 fully saturated rings. The van der Waals surface area contributed by atoms with Gasteiger partial charge in [0.1, 0.15) is 17.6 Å². The van der Waals surface area contributed by atoms with Crippen LogP contribution in [0.25, 0.3) is 0 Å². The summed E-state index contributed by atoms with van der Waals surface area (Å²) in [4.78, 5) is 39.0. The second kappa shape index (κ2) is 6.21. The van der Waals surface area contributed by atoms with Crippen molar-refractivity contribution in [3.8, 4) is 6.07 Å². The highest BCUT2D eigenvalue weighted by Crippen LogP contribution is 2.35. The number of likely N-dealkylation sites (tertiary alicyclic amines) is 1. The van der Waals surface area contributed by atoms with Crippen molar-refractivity contribution in [2.24, 2.45) is 11.8 Å². The van der Waals surface area contributed by atoms with E-state index in [2.05, 4.69) is 11.4 Å². The maximum Gasteiger partial charge on any atom is 0.245 e. The summed E-state index contributed by atoms with van der Waals surface area (Å²) >= 11 is 1.32. The molecule has 1 aliphatic carbocycles. The van der Waals surface area contributed by atoms with Crippen molar-refractivity contribution in [3.05, 3.63) is 28.2 Å². The third-order valence-corrected chi connectivity index (χ3v) is 5.77. The molecule has 2 unspecified atom stereocenters. The lowest BCUT2D eigenvalue weighted by atomic mass is 9.85. The Morgan fingerprint density at radius 2 is 1.88 bits per heavy atom. The fourth-order valence-corrected chi connectivity index (χ4v) is 4.21. The Morgan fingerprint density at radius 3 is 2.42 bits per heavy atom. The Balaban J connectivity index is 1.72. The molecule has 1 aromatic rings. The molecule has 2 atom stereocenters. The van der Waals surface area contributed by atoms with Crippen LogP contribution < -0.4 is 5.32 Å². The number of allylic oxidation sites excluding steroid dienone is 2. The Bertz CT molecular complexity index is 777. The largest absolute Gasteiger partial charge is 0.315 e. The fraction of sp³-hybridized carbons (Fsp3) is 0.412. The van der Waals surface area contributed by atoms with Gasteiger partial charge in [0.15, 0.2) is 0 Å². The number of fused-ring (bicyclic) bond motifs is 1. The van der Waals surface area contributed by atoms with E-state index in [1.54, 1.807) is 0 Å². The first-order chi connectivity index (χ1) is 11.4. The molecule has 1 aliphatic heterocycles. The molecule has 2 aliphatic rings. The van der Waals surface area contributed by atoms with Crippen molar-refractivity contribution in [3.63, 3.8) is 0 Å². The van der Waals surface area contributed by atoms with Crippen LogP contribution in [0.2, 0.25) is 0 Å². The van der Waals surface area contributed by atoms with Crippen LogP contribution in [-0.4, -0.2) is 29.2 Å². The van der Waals surface area contributed by atoms with E-state index < -0.39 is 5.91 Å². The molecule has 1 aromatic heterocycles. The van der Waals surface area contributed by atoms with Crippen molar-refractivity contribution < 1.29 is 14.4 Å². The highest BCUT2D eigenvalue weighted by atomic mass is 32.1. The molecule has 6 nitrogen and oxygen atoms in total. The van der Waals surface area contributed by atoms with Crippen LogP contribution in [0.1, 0.15) is 28.8 Å². The predicted molar refractivity (Wildman–Crippen MR) is 89.2 cm³/mol. The van der Waals surface area contributed by atoms with Crippen LogP contribution >= 0.6 is 11.3 Å². The van der Waals surface area contributed by atoms with Gasteiger partial charge >= 0.3 is 0 Å². The van der Waals surface area contributed by atoms with Crippen LogP contribution in [0.15, 0.2) is 12.2 Å². The van der Waals surface area contributed by atoms with E-state index in [1.165, 1.54) is 11.3 Å². The van der Waals surface area contributed by atoms with E-state index in [9.17, 15) is 19.6 Å². The van der Waals surface area contributed by atoms with Gasteiger partial charge in [-0.05, 0) is 32.3 Å². The maximum atomic E-state index is 12.4. The number of amides is 3. The molecular weight excluding hydrogens is 326 g/mol. The van der Waals surface area contributed by atoms with Crippen LogP contribution in [-0.2, 0) is 14.4 Å². The molecule has 3 rings (SSSR count). The Morgan fingerprint density at radius 1 is 1.29 bits per heavy atom. The lowest BCUT2D eigenvalue weighted by Gasteiger charge is -2.14. The minimum absolute atomic E-state index is 0.274. The number of carbonyl (C=O) groups is 3. The van der Waals surface area contributed by atoms with E-state index in [0.29, 0.717) is 23.4 Å². The molecular formula is C17H17N3O3S. The van der Waals surface area contributed by atoms with Gasteiger partial charge in [-0.15, -0.1) is 11.3 Å². The second-order valence-electron chi connectivity index (χ2n) is 6.07. The molecule has 1 N–H and O–H groups in total. The van der Waals surface area contributed by atoms with Crippen molar-refractivity contribution in [1.82, 2.24) is 4.90 Å². The number of carbonyl (C=O) groups excluding carboxylic acids is 3. The number of thiophene rings is 1. The first-order valence-electron chi connectivity index (χ1n) is 7.74. The van der Waals surface area contributed by atoms with E-state index in [1.807, 2.05) is 26.0 Å². The number of hydrogen-bond donors (Lipinski definition) is 1. The van der Waals surface area contributed by atoms with Gasteiger partial charge in [-0.1, -0.05) is 12.2 Å². The molecule has 124 valence electrons. The lowest BCUT2D eigenvalue weighted by Crippen LogP contribution is -2.38. The van der Waals surface area contributed by atoms with Gasteiger partial charge in [0.05, 0.1) is 17.4 Å². The maximum absolute atomic E-state index is 12.4. The second-order valence-corrected chi connectivity index (χ2v) is 7.29. The summed E-state index contributed by atoms with van der Waals surface area (Å²) in [7, 11) is 0. The van der Waals surface area contributed by atoms with Gasteiger partial charge in [0.25, 0.3) is 0 Å². The number of anilines is 1. The molecule has 1 saturated heterocycles. The van der Waals surface area contributed by atoms with Crippen LogP contribution in [0.5, 0.6) is 0 Å². The molecule has 0 bridgehead atoms. The number of hydrogen-bond acceptors (Lipinski definition) is 5. The number of rotatable bonds is 3. The highest BCUT2D eigenvalue weighted by molar-refractivity contribution is 7.16. The van der Waals surface area contributed by atoms with Crippen molar-refractivity contribution >= 4 is 34.1 Å². The van der Waals surface area contributed by atoms with Crippen molar-refractivity contribution in [2.45, 2.75) is 26.7 Å². The molecule has 0 aromatic carbocycles. The third kappa shape index (κ3) is 2.63. The van der Waals surface area contributed by atoms with E-state index >= 15 is 0 Å². The fourth-order valence-electron chi connectivity index (χ4n) is 3.18. The first-order valence-corrected chi connectivity index (χ1v) is 8.55. The number of aryl methyl sites for hydroxylation is 1. The van der Waals surface area contributed by atoms with Crippen molar-refractivity contribution in [1.29, 1.82) is 5.26 Å². The SMILES string of the molecule is Cc1sc(NC(=O)CN2C(=O)C3CC=CCC3C2=O)c(C#N)c1C. The zero-order valence-electron chi connectivity index (χ0n) is 13.5. The summed E-state index contributed by atoms with van der Waals surface area (Å²) in [5, 5.41) is 12.3. The van der Waals surface area contributed by atoms with Crippen LogP contribution in [0, 0.1) is 37.0 Å². The van der Waals surface area contributed by atoms with E-state index in [4.69, 9.17) is 0 Å². The minimum atomic E-state index is -0.457. The number of nitrogens with zero attached hydrogens (tertiary/aromatic N) is 2. The van der Waals surface area contributed by atoms with Crippen LogP contribution in [0.3, 0.4) is 0 Å².